The summed E-state index contributed by atoms with van der Waals surface area (Å²) in [6, 6.07) is 7.98. The summed E-state index contributed by atoms with van der Waals surface area (Å²) in [4.78, 5) is 15.6. The standard InChI is InChI=1S/C18H25ClN2O3/c1-20(2)17(22)11-23-16-7-8-24-18(9-16)12-21(13-18)10-14-3-5-15(19)6-4-14/h3-6,16H,7-13H2,1-2H3/t16-/m1/s1. The number of carbonyl (C=O) groups is 1. The van der Waals surface area contributed by atoms with Crippen molar-refractivity contribution < 1.29 is 14.3 Å². The zero-order valence-corrected chi connectivity index (χ0v) is 15.1. The second-order valence-corrected chi connectivity index (χ2v) is 7.45. The number of ether oxygens (including phenoxy) is 2. The molecule has 0 saturated carbocycles. The lowest BCUT2D eigenvalue weighted by atomic mass is 9.84. The molecule has 2 aliphatic rings. The number of amides is 1. The molecule has 2 aliphatic heterocycles. The summed E-state index contributed by atoms with van der Waals surface area (Å²) < 4.78 is 11.8. The van der Waals surface area contributed by atoms with Crippen molar-refractivity contribution in [2.75, 3.05) is 40.4 Å². The first-order valence-electron chi connectivity index (χ1n) is 8.38. The summed E-state index contributed by atoms with van der Waals surface area (Å²) in [5.41, 5.74) is 1.16. The molecule has 5 nitrogen and oxygen atoms in total. The number of benzene rings is 1. The maximum atomic E-state index is 11.7. The topological polar surface area (TPSA) is 42.0 Å². The van der Waals surface area contributed by atoms with Gasteiger partial charge in [-0.2, -0.15) is 0 Å². The first-order chi connectivity index (χ1) is 11.5. The molecule has 1 atom stereocenters. The third-order valence-electron chi connectivity index (χ3n) is 4.73. The van der Waals surface area contributed by atoms with Crippen molar-refractivity contribution in [3.05, 3.63) is 34.9 Å². The van der Waals surface area contributed by atoms with Gasteiger partial charge in [0.25, 0.3) is 0 Å². The second-order valence-electron chi connectivity index (χ2n) is 7.02. The minimum atomic E-state index is -0.101. The zero-order valence-electron chi connectivity index (χ0n) is 14.3. The Bertz CT molecular complexity index is 570. The summed E-state index contributed by atoms with van der Waals surface area (Å²) in [7, 11) is 3.50. The highest BCUT2D eigenvalue weighted by Gasteiger charge is 2.47. The Hall–Kier alpha value is -1.14. The van der Waals surface area contributed by atoms with Gasteiger partial charge in [0.15, 0.2) is 0 Å². The molecule has 0 radical (unpaired) electrons. The second kappa shape index (κ2) is 7.40. The van der Waals surface area contributed by atoms with E-state index in [4.69, 9.17) is 21.1 Å². The molecule has 0 aliphatic carbocycles. The third kappa shape index (κ3) is 4.28. The fraction of sp³-hybridized carbons (Fsp3) is 0.611. The van der Waals surface area contributed by atoms with Crippen molar-refractivity contribution in [1.82, 2.24) is 9.80 Å². The van der Waals surface area contributed by atoms with Crippen LogP contribution in [0.2, 0.25) is 5.02 Å². The maximum Gasteiger partial charge on any atom is 0.248 e. The van der Waals surface area contributed by atoms with E-state index < -0.39 is 0 Å². The first-order valence-corrected chi connectivity index (χ1v) is 8.76. The number of nitrogens with zero attached hydrogens (tertiary/aromatic N) is 2. The van der Waals surface area contributed by atoms with Crippen molar-refractivity contribution in [3.8, 4) is 0 Å². The van der Waals surface area contributed by atoms with Crippen LogP contribution in [0, 0.1) is 0 Å². The molecule has 3 rings (SSSR count). The van der Waals surface area contributed by atoms with Crippen molar-refractivity contribution >= 4 is 17.5 Å². The molecule has 1 aromatic carbocycles. The lowest BCUT2D eigenvalue weighted by Gasteiger charge is -2.53. The van der Waals surface area contributed by atoms with E-state index >= 15 is 0 Å². The molecule has 132 valence electrons. The zero-order chi connectivity index (χ0) is 17.2. The molecular weight excluding hydrogens is 328 g/mol. The highest BCUT2D eigenvalue weighted by molar-refractivity contribution is 6.30. The number of hydrogen-bond donors (Lipinski definition) is 0. The number of rotatable bonds is 5. The van der Waals surface area contributed by atoms with Crippen LogP contribution in [0.1, 0.15) is 18.4 Å². The molecule has 6 heteroatoms. The lowest BCUT2D eigenvalue weighted by molar-refractivity contribution is -0.200. The predicted octanol–water partition coefficient (Wildman–Crippen LogP) is 2.18. The fourth-order valence-corrected chi connectivity index (χ4v) is 3.52. The molecule has 0 aromatic heterocycles. The number of likely N-dealkylation sites (tertiary alicyclic amines) is 1. The Balaban J connectivity index is 1.46. The predicted molar refractivity (Wildman–Crippen MR) is 93.1 cm³/mol. The van der Waals surface area contributed by atoms with E-state index in [1.54, 1.807) is 19.0 Å². The van der Waals surface area contributed by atoms with Gasteiger partial charge in [0.05, 0.1) is 11.7 Å². The van der Waals surface area contributed by atoms with Gasteiger partial charge in [-0.3, -0.25) is 9.69 Å². The van der Waals surface area contributed by atoms with Gasteiger partial charge in [-0.05, 0) is 24.1 Å². The van der Waals surface area contributed by atoms with E-state index in [-0.39, 0.29) is 24.2 Å². The Morgan fingerprint density at radius 3 is 2.75 bits per heavy atom. The SMILES string of the molecule is CN(C)C(=O)CO[C@@H]1CCOC2(C1)CN(Cc1ccc(Cl)cc1)C2. The third-order valence-corrected chi connectivity index (χ3v) is 4.98. The Kier molecular flexibility index (Phi) is 5.45. The van der Waals surface area contributed by atoms with Crippen molar-refractivity contribution in [3.63, 3.8) is 0 Å². The van der Waals surface area contributed by atoms with Gasteiger partial charge < -0.3 is 14.4 Å². The van der Waals surface area contributed by atoms with Gasteiger partial charge >= 0.3 is 0 Å². The van der Waals surface area contributed by atoms with Gasteiger partial charge in [0.1, 0.15) is 6.61 Å². The van der Waals surface area contributed by atoms with Crippen molar-refractivity contribution in [2.45, 2.75) is 31.1 Å². The van der Waals surface area contributed by atoms with Gasteiger partial charge in [-0.25, -0.2) is 0 Å². The van der Waals surface area contributed by atoms with Crippen LogP contribution in [0.5, 0.6) is 0 Å². The summed E-state index contributed by atoms with van der Waals surface area (Å²) in [6.07, 6.45) is 1.84. The van der Waals surface area contributed by atoms with Crippen LogP contribution in [-0.2, 0) is 20.8 Å². The molecule has 2 saturated heterocycles. The first kappa shape index (κ1) is 17.7. The summed E-state index contributed by atoms with van der Waals surface area (Å²) in [5.74, 6) is 0.00789. The molecular formula is C18H25ClN2O3. The van der Waals surface area contributed by atoms with Crippen molar-refractivity contribution in [1.29, 1.82) is 0 Å². The minimum Gasteiger partial charge on any atom is -0.372 e. The van der Waals surface area contributed by atoms with Crippen LogP contribution in [0.4, 0.5) is 0 Å². The maximum absolute atomic E-state index is 11.7. The smallest absolute Gasteiger partial charge is 0.248 e. The molecule has 0 N–H and O–H groups in total. The lowest BCUT2D eigenvalue weighted by Crippen LogP contribution is -2.65. The van der Waals surface area contributed by atoms with Crippen LogP contribution < -0.4 is 0 Å². The molecule has 0 bridgehead atoms. The number of halogens is 1. The average molecular weight is 353 g/mol. The van der Waals surface area contributed by atoms with Crippen LogP contribution in [0.3, 0.4) is 0 Å². The van der Waals surface area contributed by atoms with E-state index in [1.165, 1.54) is 5.56 Å². The van der Waals surface area contributed by atoms with Crippen molar-refractivity contribution in [2.24, 2.45) is 0 Å². The average Bonchev–Trinajstić information content (AvgIpc) is 2.53. The van der Waals surface area contributed by atoms with Gasteiger partial charge in [0, 0.05) is 51.8 Å². The van der Waals surface area contributed by atoms with Crippen LogP contribution >= 0.6 is 11.6 Å². The highest BCUT2D eigenvalue weighted by Crippen LogP contribution is 2.36. The molecule has 24 heavy (non-hydrogen) atoms. The molecule has 1 aromatic rings. The highest BCUT2D eigenvalue weighted by atomic mass is 35.5. The largest absolute Gasteiger partial charge is 0.372 e. The van der Waals surface area contributed by atoms with Gasteiger partial charge in [0.2, 0.25) is 5.91 Å². The van der Waals surface area contributed by atoms with E-state index in [1.807, 2.05) is 12.1 Å². The Labute approximate surface area is 148 Å². The normalized spacial score (nSPS) is 23.0. The molecule has 1 spiro atoms. The summed E-state index contributed by atoms with van der Waals surface area (Å²) in [6.45, 7) is 3.60. The Morgan fingerprint density at radius 2 is 2.08 bits per heavy atom. The number of carbonyl (C=O) groups excluding carboxylic acids is 1. The quantitative estimate of drug-likeness (QED) is 0.814. The minimum absolute atomic E-state index is 0.00789. The van der Waals surface area contributed by atoms with Gasteiger partial charge in [-0.15, -0.1) is 0 Å². The van der Waals surface area contributed by atoms with Gasteiger partial charge in [-0.1, -0.05) is 23.7 Å². The number of hydrogen-bond acceptors (Lipinski definition) is 4. The fourth-order valence-electron chi connectivity index (χ4n) is 3.39. The monoisotopic (exact) mass is 352 g/mol. The van der Waals surface area contributed by atoms with Crippen LogP contribution in [0.25, 0.3) is 0 Å². The van der Waals surface area contributed by atoms with E-state index in [9.17, 15) is 4.79 Å². The molecule has 2 heterocycles. The van der Waals surface area contributed by atoms with E-state index in [0.717, 1.165) is 37.5 Å². The Morgan fingerprint density at radius 1 is 1.38 bits per heavy atom. The van der Waals surface area contributed by atoms with E-state index in [0.29, 0.717) is 6.61 Å². The van der Waals surface area contributed by atoms with Crippen LogP contribution in [0.15, 0.2) is 24.3 Å². The van der Waals surface area contributed by atoms with Crippen LogP contribution in [-0.4, -0.2) is 67.8 Å². The molecule has 2 fully saturated rings. The summed E-state index contributed by atoms with van der Waals surface area (Å²) >= 11 is 5.93. The van der Waals surface area contributed by atoms with E-state index in [2.05, 4.69) is 17.0 Å². The number of likely N-dealkylation sites (N-methyl/N-ethyl adjacent to an activating group) is 1. The molecule has 0 unspecified atom stereocenters. The molecule has 1 amide bonds. The summed E-state index contributed by atoms with van der Waals surface area (Å²) in [5, 5.41) is 0.765.